The number of benzene rings is 1. The van der Waals surface area contributed by atoms with Gasteiger partial charge in [-0.05, 0) is 49.9 Å². The molecule has 1 aromatic carbocycles. The molecule has 1 N–H and O–H groups in total. The molecule has 1 aromatic rings. The zero-order chi connectivity index (χ0) is 16.2. The lowest BCUT2D eigenvalue weighted by Gasteiger charge is -2.42. The minimum Gasteiger partial charge on any atom is -0.496 e. The SMILES string of the molecule is CCC[C@@]1(CO)CCCN(C(=O)c2ccc(OC)c(C)c2)C1. The van der Waals surface area contributed by atoms with Crippen LogP contribution in [-0.4, -0.2) is 42.7 Å². The number of aryl methyl sites for hydroxylation is 1. The Morgan fingerprint density at radius 3 is 2.82 bits per heavy atom. The summed E-state index contributed by atoms with van der Waals surface area (Å²) >= 11 is 0. The van der Waals surface area contributed by atoms with Crippen LogP contribution in [0.25, 0.3) is 0 Å². The Hall–Kier alpha value is -1.55. The highest BCUT2D eigenvalue weighted by Crippen LogP contribution is 2.35. The van der Waals surface area contributed by atoms with Crippen LogP contribution < -0.4 is 4.74 Å². The number of ether oxygens (including phenoxy) is 1. The first kappa shape index (κ1) is 16.8. The maximum Gasteiger partial charge on any atom is 0.253 e. The first-order valence-electron chi connectivity index (χ1n) is 8.10. The van der Waals surface area contributed by atoms with Crippen LogP contribution in [0.1, 0.15) is 48.5 Å². The van der Waals surface area contributed by atoms with E-state index in [4.69, 9.17) is 4.74 Å². The number of nitrogens with zero attached hydrogens (tertiary/aromatic N) is 1. The van der Waals surface area contributed by atoms with E-state index in [0.717, 1.165) is 43.5 Å². The van der Waals surface area contributed by atoms with Crippen molar-refractivity contribution in [2.24, 2.45) is 5.41 Å². The minimum absolute atomic E-state index is 0.0550. The van der Waals surface area contributed by atoms with E-state index in [1.165, 1.54) is 0 Å². The smallest absolute Gasteiger partial charge is 0.253 e. The van der Waals surface area contributed by atoms with E-state index in [-0.39, 0.29) is 17.9 Å². The number of likely N-dealkylation sites (tertiary alicyclic amines) is 1. The van der Waals surface area contributed by atoms with Crippen LogP contribution in [0.4, 0.5) is 0 Å². The van der Waals surface area contributed by atoms with Crippen molar-refractivity contribution in [2.45, 2.75) is 39.5 Å². The number of aliphatic hydroxyl groups is 1. The third-order valence-corrected chi connectivity index (χ3v) is 4.71. The molecule has 0 bridgehead atoms. The molecule has 4 heteroatoms. The Bertz CT molecular complexity index is 525. The lowest BCUT2D eigenvalue weighted by Crippen LogP contribution is -2.47. The summed E-state index contributed by atoms with van der Waals surface area (Å²) < 4.78 is 5.25. The van der Waals surface area contributed by atoms with Gasteiger partial charge in [-0.2, -0.15) is 0 Å². The van der Waals surface area contributed by atoms with E-state index in [0.29, 0.717) is 12.1 Å². The second-order valence-corrected chi connectivity index (χ2v) is 6.42. The lowest BCUT2D eigenvalue weighted by molar-refractivity contribution is 0.0222. The van der Waals surface area contributed by atoms with Crippen molar-refractivity contribution in [1.82, 2.24) is 4.90 Å². The molecular formula is C18H27NO3. The Morgan fingerprint density at radius 1 is 1.45 bits per heavy atom. The van der Waals surface area contributed by atoms with Crippen LogP contribution in [0, 0.1) is 12.3 Å². The molecule has 4 nitrogen and oxygen atoms in total. The van der Waals surface area contributed by atoms with Crippen molar-refractivity contribution < 1.29 is 14.6 Å². The molecule has 1 heterocycles. The van der Waals surface area contributed by atoms with Crippen LogP contribution in [-0.2, 0) is 0 Å². The van der Waals surface area contributed by atoms with E-state index < -0.39 is 0 Å². The summed E-state index contributed by atoms with van der Waals surface area (Å²) in [7, 11) is 1.63. The zero-order valence-corrected chi connectivity index (χ0v) is 13.9. The summed E-state index contributed by atoms with van der Waals surface area (Å²) in [5, 5.41) is 9.80. The van der Waals surface area contributed by atoms with Gasteiger partial charge in [0.2, 0.25) is 0 Å². The largest absolute Gasteiger partial charge is 0.496 e. The van der Waals surface area contributed by atoms with Crippen LogP contribution in [0.5, 0.6) is 5.75 Å². The molecule has 0 aromatic heterocycles. The van der Waals surface area contributed by atoms with Gasteiger partial charge in [-0.1, -0.05) is 13.3 Å². The van der Waals surface area contributed by atoms with Crippen LogP contribution >= 0.6 is 0 Å². The summed E-state index contributed by atoms with van der Waals surface area (Å²) in [4.78, 5) is 14.7. The molecule has 0 saturated carbocycles. The zero-order valence-electron chi connectivity index (χ0n) is 13.9. The van der Waals surface area contributed by atoms with Gasteiger partial charge in [0.25, 0.3) is 5.91 Å². The van der Waals surface area contributed by atoms with Gasteiger partial charge in [0.15, 0.2) is 0 Å². The highest BCUT2D eigenvalue weighted by atomic mass is 16.5. The third kappa shape index (κ3) is 3.43. The Labute approximate surface area is 133 Å². The standard InChI is InChI=1S/C18H27NO3/c1-4-8-18(13-20)9-5-10-19(12-18)17(21)15-6-7-16(22-3)14(2)11-15/h6-7,11,20H,4-5,8-10,12-13H2,1-3H3/t18-/m1/s1. The summed E-state index contributed by atoms with van der Waals surface area (Å²) in [6.07, 6.45) is 3.96. The number of carbonyl (C=O) groups is 1. The predicted octanol–water partition coefficient (Wildman–Crippen LogP) is 3.02. The Morgan fingerprint density at radius 2 is 2.23 bits per heavy atom. The topological polar surface area (TPSA) is 49.8 Å². The summed E-state index contributed by atoms with van der Waals surface area (Å²) in [6, 6.07) is 5.55. The Balaban J connectivity index is 2.16. The molecule has 1 amide bonds. The number of hydrogen-bond acceptors (Lipinski definition) is 3. The van der Waals surface area contributed by atoms with E-state index in [2.05, 4.69) is 6.92 Å². The molecule has 0 aliphatic carbocycles. The fourth-order valence-corrected chi connectivity index (χ4v) is 3.52. The van der Waals surface area contributed by atoms with E-state index >= 15 is 0 Å². The van der Waals surface area contributed by atoms with Gasteiger partial charge in [-0.15, -0.1) is 0 Å². The van der Waals surface area contributed by atoms with Crippen molar-refractivity contribution in [3.05, 3.63) is 29.3 Å². The van der Waals surface area contributed by atoms with Crippen molar-refractivity contribution in [3.63, 3.8) is 0 Å². The molecule has 2 rings (SSSR count). The number of hydrogen-bond donors (Lipinski definition) is 1. The number of piperidine rings is 1. The van der Waals surface area contributed by atoms with Gasteiger partial charge in [-0.25, -0.2) is 0 Å². The first-order valence-corrected chi connectivity index (χ1v) is 8.10. The molecule has 1 saturated heterocycles. The van der Waals surface area contributed by atoms with Gasteiger partial charge in [0.05, 0.1) is 13.7 Å². The van der Waals surface area contributed by atoms with E-state index in [1.54, 1.807) is 7.11 Å². The quantitative estimate of drug-likeness (QED) is 0.909. The average Bonchev–Trinajstić information content (AvgIpc) is 2.54. The summed E-state index contributed by atoms with van der Waals surface area (Å²) in [5.74, 6) is 0.852. The van der Waals surface area contributed by atoms with Crippen LogP contribution in [0.15, 0.2) is 18.2 Å². The maximum absolute atomic E-state index is 12.8. The van der Waals surface area contributed by atoms with Crippen molar-refractivity contribution in [3.8, 4) is 5.75 Å². The van der Waals surface area contributed by atoms with Crippen molar-refractivity contribution in [1.29, 1.82) is 0 Å². The van der Waals surface area contributed by atoms with Crippen LogP contribution in [0.2, 0.25) is 0 Å². The lowest BCUT2D eigenvalue weighted by atomic mass is 9.77. The fraction of sp³-hybridized carbons (Fsp3) is 0.611. The monoisotopic (exact) mass is 305 g/mol. The maximum atomic E-state index is 12.8. The number of amides is 1. The van der Waals surface area contributed by atoms with Crippen molar-refractivity contribution >= 4 is 5.91 Å². The minimum atomic E-state index is -0.121. The number of carbonyl (C=O) groups excluding carboxylic acids is 1. The highest BCUT2D eigenvalue weighted by Gasteiger charge is 2.36. The normalized spacial score (nSPS) is 21.7. The van der Waals surface area contributed by atoms with Crippen LogP contribution in [0.3, 0.4) is 0 Å². The molecule has 1 aliphatic heterocycles. The molecule has 0 radical (unpaired) electrons. The molecule has 1 fully saturated rings. The number of aliphatic hydroxyl groups excluding tert-OH is 1. The highest BCUT2D eigenvalue weighted by molar-refractivity contribution is 5.94. The van der Waals surface area contributed by atoms with Crippen molar-refractivity contribution in [2.75, 3.05) is 26.8 Å². The fourth-order valence-electron chi connectivity index (χ4n) is 3.52. The van der Waals surface area contributed by atoms with E-state index in [9.17, 15) is 9.90 Å². The molecular weight excluding hydrogens is 278 g/mol. The van der Waals surface area contributed by atoms with Gasteiger partial charge >= 0.3 is 0 Å². The van der Waals surface area contributed by atoms with Gasteiger partial charge in [0, 0.05) is 24.1 Å². The Kier molecular flexibility index (Phi) is 5.46. The molecule has 0 spiro atoms. The average molecular weight is 305 g/mol. The first-order chi connectivity index (χ1) is 10.5. The second kappa shape index (κ2) is 7.14. The number of methoxy groups -OCH3 is 1. The van der Waals surface area contributed by atoms with Gasteiger partial charge < -0.3 is 14.7 Å². The molecule has 1 atom stereocenters. The predicted molar refractivity (Wildman–Crippen MR) is 87.3 cm³/mol. The van der Waals surface area contributed by atoms with Gasteiger partial charge in [0.1, 0.15) is 5.75 Å². The summed E-state index contributed by atoms with van der Waals surface area (Å²) in [5.41, 5.74) is 1.54. The number of rotatable bonds is 5. The van der Waals surface area contributed by atoms with E-state index in [1.807, 2.05) is 30.0 Å². The summed E-state index contributed by atoms with van der Waals surface area (Å²) in [6.45, 7) is 5.66. The molecule has 22 heavy (non-hydrogen) atoms. The molecule has 1 aliphatic rings. The molecule has 0 unspecified atom stereocenters. The second-order valence-electron chi connectivity index (χ2n) is 6.42. The molecule has 122 valence electrons. The third-order valence-electron chi connectivity index (χ3n) is 4.71. The van der Waals surface area contributed by atoms with Gasteiger partial charge in [-0.3, -0.25) is 4.79 Å².